The molecule has 2 heterocycles. The van der Waals surface area contributed by atoms with Gasteiger partial charge in [0.2, 0.25) is 0 Å². The normalized spacial score (nSPS) is 23.0. The molecule has 0 aliphatic carbocycles. The van der Waals surface area contributed by atoms with Gasteiger partial charge in [0.15, 0.2) is 0 Å². The zero-order valence-corrected chi connectivity index (χ0v) is 12.1. The Hall–Kier alpha value is -0.940. The quantitative estimate of drug-likeness (QED) is 0.901. The first-order chi connectivity index (χ1) is 9.90. The third-order valence-electron chi connectivity index (χ3n) is 4.21. The summed E-state index contributed by atoms with van der Waals surface area (Å²) in [5.41, 5.74) is 5.09. The van der Waals surface area contributed by atoms with Crippen LogP contribution in [0.15, 0.2) is 30.3 Å². The van der Waals surface area contributed by atoms with Crippen LogP contribution in [0.25, 0.3) is 0 Å². The second-order valence-electron chi connectivity index (χ2n) is 5.76. The van der Waals surface area contributed by atoms with Gasteiger partial charge < -0.3 is 4.74 Å². The number of morpholine rings is 1. The molecule has 2 aliphatic heterocycles. The molecule has 2 aliphatic rings. The number of benzene rings is 1. The molecule has 0 saturated carbocycles. The van der Waals surface area contributed by atoms with Crippen LogP contribution in [0.1, 0.15) is 18.4 Å². The Morgan fingerprint density at radius 2 is 1.70 bits per heavy atom. The maximum absolute atomic E-state index is 5.38. The minimum absolute atomic E-state index is 0.639. The van der Waals surface area contributed by atoms with Crippen molar-refractivity contribution in [2.24, 2.45) is 0 Å². The van der Waals surface area contributed by atoms with Gasteiger partial charge >= 0.3 is 0 Å². The number of nitrogens with one attached hydrogen (secondary N) is 1. The Morgan fingerprint density at radius 1 is 1.00 bits per heavy atom. The van der Waals surface area contributed by atoms with Crippen LogP contribution in [0.2, 0.25) is 0 Å². The lowest BCUT2D eigenvalue weighted by Crippen LogP contribution is -2.53. The van der Waals surface area contributed by atoms with Gasteiger partial charge in [-0.3, -0.25) is 10.3 Å². The highest BCUT2D eigenvalue weighted by Crippen LogP contribution is 2.14. The molecule has 0 atom stereocenters. The number of rotatable bonds is 4. The van der Waals surface area contributed by atoms with Crippen molar-refractivity contribution in [3.8, 4) is 0 Å². The van der Waals surface area contributed by atoms with Crippen molar-refractivity contribution in [3.63, 3.8) is 0 Å². The van der Waals surface area contributed by atoms with Gasteiger partial charge in [0, 0.05) is 38.8 Å². The van der Waals surface area contributed by atoms with E-state index in [0.29, 0.717) is 6.04 Å². The summed E-state index contributed by atoms with van der Waals surface area (Å²) in [7, 11) is 0. The minimum atomic E-state index is 0.639. The van der Waals surface area contributed by atoms with Crippen LogP contribution in [-0.2, 0) is 11.3 Å². The molecule has 2 fully saturated rings. The fourth-order valence-corrected chi connectivity index (χ4v) is 3.01. The van der Waals surface area contributed by atoms with Gasteiger partial charge in [-0.25, -0.2) is 5.01 Å². The molecule has 4 heteroatoms. The van der Waals surface area contributed by atoms with Crippen molar-refractivity contribution in [2.75, 3.05) is 39.4 Å². The number of nitrogens with zero attached hydrogens (tertiary/aromatic N) is 2. The topological polar surface area (TPSA) is 27.7 Å². The summed E-state index contributed by atoms with van der Waals surface area (Å²) in [5.74, 6) is 0. The molecule has 0 aromatic heterocycles. The summed E-state index contributed by atoms with van der Waals surface area (Å²) in [6, 6.07) is 11.4. The molecule has 4 nitrogen and oxygen atoms in total. The average Bonchev–Trinajstić information content (AvgIpc) is 2.51. The maximum atomic E-state index is 5.38. The van der Waals surface area contributed by atoms with Crippen LogP contribution in [-0.4, -0.2) is 55.3 Å². The molecule has 110 valence electrons. The van der Waals surface area contributed by atoms with Gasteiger partial charge in [0.1, 0.15) is 0 Å². The molecule has 20 heavy (non-hydrogen) atoms. The number of hydrazine groups is 1. The van der Waals surface area contributed by atoms with Crippen LogP contribution < -0.4 is 5.43 Å². The van der Waals surface area contributed by atoms with E-state index >= 15 is 0 Å². The highest BCUT2D eigenvalue weighted by Gasteiger charge is 2.21. The first-order valence-corrected chi connectivity index (χ1v) is 7.75. The number of likely N-dealkylation sites (tertiary alicyclic amines) is 1. The smallest absolute Gasteiger partial charge is 0.0608 e. The standard InChI is InChI=1S/C16H25N3O/c1-2-4-15(5-3-1)14-18-8-6-16(7-9-18)17-19-10-12-20-13-11-19/h1-5,16-17H,6-14H2. The Balaban J connectivity index is 1.40. The number of ether oxygens (including phenoxy) is 1. The first kappa shape index (κ1) is 14.0. The van der Waals surface area contributed by atoms with Crippen molar-refractivity contribution < 1.29 is 4.74 Å². The maximum Gasteiger partial charge on any atom is 0.0608 e. The fraction of sp³-hybridized carbons (Fsp3) is 0.625. The van der Waals surface area contributed by atoms with Crippen LogP contribution in [0.3, 0.4) is 0 Å². The summed E-state index contributed by atoms with van der Waals surface area (Å²) in [5, 5.41) is 2.33. The molecule has 0 spiro atoms. The number of piperidine rings is 1. The monoisotopic (exact) mass is 275 g/mol. The van der Waals surface area contributed by atoms with Crippen LogP contribution in [0.4, 0.5) is 0 Å². The molecular formula is C16H25N3O. The van der Waals surface area contributed by atoms with Crippen molar-refractivity contribution in [1.82, 2.24) is 15.3 Å². The van der Waals surface area contributed by atoms with Gasteiger partial charge in [0.05, 0.1) is 13.2 Å². The van der Waals surface area contributed by atoms with E-state index in [4.69, 9.17) is 4.74 Å². The summed E-state index contributed by atoms with van der Waals surface area (Å²) in [6.07, 6.45) is 2.48. The third-order valence-corrected chi connectivity index (χ3v) is 4.21. The summed E-state index contributed by atoms with van der Waals surface area (Å²) in [6.45, 7) is 7.23. The van der Waals surface area contributed by atoms with E-state index in [1.54, 1.807) is 0 Å². The highest BCUT2D eigenvalue weighted by atomic mass is 16.5. The Bertz CT molecular complexity index is 384. The van der Waals surface area contributed by atoms with Gasteiger partial charge in [0.25, 0.3) is 0 Å². The summed E-state index contributed by atoms with van der Waals surface area (Å²) < 4.78 is 5.38. The average molecular weight is 275 g/mol. The number of hydrogen-bond donors (Lipinski definition) is 1. The fourth-order valence-electron chi connectivity index (χ4n) is 3.01. The van der Waals surface area contributed by atoms with Crippen molar-refractivity contribution in [3.05, 3.63) is 35.9 Å². The van der Waals surface area contributed by atoms with E-state index in [0.717, 1.165) is 32.8 Å². The Kier molecular flexibility index (Phi) is 5.03. The van der Waals surface area contributed by atoms with Crippen molar-refractivity contribution in [1.29, 1.82) is 0 Å². The Labute approximate surface area is 121 Å². The van der Waals surface area contributed by atoms with Crippen molar-refractivity contribution >= 4 is 0 Å². The van der Waals surface area contributed by atoms with Gasteiger partial charge in [-0.1, -0.05) is 30.3 Å². The van der Waals surface area contributed by atoms with E-state index in [9.17, 15) is 0 Å². The molecular weight excluding hydrogens is 250 g/mol. The lowest BCUT2D eigenvalue weighted by atomic mass is 10.0. The van der Waals surface area contributed by atoms with E-state index < -0.39 is 0 Å². The molecule has 3 rings (SSSR count). The molecule has 1 N–H and O–H groups in total. The second-order valence-corrected chi connectivity index (χ2v) is 5.76. The largest absolute Gasteiger partial charge is 0.379 e. The minimum Gasteiger partial charge on any atom is -0.379 e. The summed E-state index contributed by atoms with van der Waals surface area (Å²) >= 11 is 0. The van der Waals surface area contributed by atoms with Gasteiger partial charge in [-0.05, 0) is 18.4 Å². The molecule has 1 aromatic carbocycles. The number of hydrogen-bond acceptors (Lipinski definition) is 4. The molecule has 1 aromatic rings. The highest BCUT2D eigenvalue weighted by molar-refractivity contribution is 5.14. The predicted molar refractivity (Wildman–Crippen MR) is 80.3 cm³/mol. The lowest BCUT2D eigenvalue weighted by Gasteiger charge is -2.37. The van der Waals surface area contributed by atoms with E-state index in [1.165, 1.54) is 31.5 Å². The van der Waals surface area contributed by atoms with E-state index in [-0.39, 0.29) is 0 Å². The molecule has 0 radical (unpaired) electrons. The molecule has 0 amide bonds. The molecule has 2 saturated heterocycles. The molecule has 0 bridgehead atoms. The van der Waals surface area contributed by atoms with E-state index in [2.05, 4.69) is 45.7 Å². The second kappa shape index (κ2) is 7.18. The van der Waals surface area contributed by atoms with E-state index in [1.807, 2.05) is 0 Å². The van der Waals surface area contributed by atoms with Crippen molar-refractivity contribution in [2.45, 2.75) is 25.4 Å². The van der Waals surface area contributed by atoms with Gasteiger partial charge in [-0.15, -0.1) is 0 Å². The summed E-state index contributed by atoms with van der Waals surface area (Å²) in [4.78, 5) is 2.56. The third kappa shape index (κ3) is 4.03. The van der Waals surface area contributed by atoms with Crippen LogP contribution >= 0.6 is 0 Å². The predicted octanol–water partition coefficient (Wildman–Crippen LogP) is 1.49. The van der Waals surface area contributed by atoms with Gasteiger partial charge in [-0.2, -0.15) is 0 Å². The zero-order chi connectivity index (χ0) is 13.6. The molecule has 0 unspecified atom stereocenters. The Morgan fingerprint density at radius 3 is 2.40 bits per heavy atom. The first-order valence-electron chi connectivity index (χ1n) is 7.75. The van der Waals surface area contributed by atoms with Crippen LogP contribution in [0, 0.1) is 0 Å². The zero-order valence-electron chi connectivity index (χ0n) is 12.1. The van der Waals surface area contributed by atoms with Crippen LogP contribution in [0.5, 0.6) is 0 Å². The SMILES string of the molecule is c1ccc(CN2CCC(NN3CCOCC3)CC2)cc1. The lowest BCUT2D eigenvalue weighted by molar-refractivity contribution is -0.00303.